The van der Waals surface area contributed by atoms with Crippen LogP contribution in [0.3, 0.4) is 0 Å². The van der Waals surface area contributed by atoms with Crippen LogP contribution in [-0.4, -0.2) is 28.5 Å². The fraction of sp³-hybridized carbons (Fsp3) is 0.250. The number of non-ortho nitro benzene ring substituents is 1. The number of nitro groups is 1. The number of benzene rings is 2. The third-order valence-electron chi connectivity index (χ3n) is 4.90. The standard InChI is InChI=1S/C20H19N3O4/c1-2-27-20(24)17-11-15-14-8-3-4-9-16(14)21-19(15)18(22-17)12-6-5-7-13(10-12)23(25)26/h3-10,17-18,21-22H,2,11H2,1H3/t17-,18+/m0/s1. The summed E-state index contributed by atoms with van der Waals surface area (Å²) in [4.78, 5) is 26.6. The van der Waals surface area contributed by atoms with Crippen LogP contribution in [0.2, 0.25) is 0 Å². The Morgan fingerprint density at radius 3 is 2.85 bits per heavy atom. The molecule has 0 saturated carbocycles. The number of nitro benzene ring substituents is 1. The van der Waals surface area contributed by atoms with Gasteiger partial charge in [-0.2, -0.15) is 0 Å². The highest BCUT2D eigenvalue weighted by atomic mass is 16.6. The zero-order valence-corrected chi connectivity index (χ0v) is 14.8. The van der Waals surface area contributed by atoms with Gasteiger partial charge < -0.3 is 9.72 Å². The molecule has 2 aromatic carbocycles. The first kappa shape index (κ1) is 17.2. The Morgan fingerprint density at radius 1 is 1.26 bits per heavy atom. The van der Waals surface area contributed by atoms with Crippen LogP contribution in [0.15, 0.2) is 48.5 Å². The molecular weight excluding hydrogens is 346 g/mol. The van der Waals surface area contributed by atoms with Gasteiger partial charge in [0.1, 0.15) is 6.04 Å². The van der Waals surface area contributed by atoms with Gasteiger partial charge in [-0.3, -0.25) is 20.2 Å². The number of rotatable bonds is 4. The molecule has 1 aliphatic heterocycles. The number of ether oxygens (including phenoxy) is 1. The van der Waals surface area contributed by atoms with Gasteiger partial charge in [-0.25, -0.2) is 0 Å². The predicted molar refractivity (Wildman–Crippen MR) is 100 cm³/mol. The second-order valence-electron chi connectivity index (χ2n) is 6.52. The molecule has 1 aromatic heterocycles. The van der Waals surface area contributed by atoms with E-state index in [1.807, 2.05) is 30.3 Å². The summed E-state index contributed by atoms with van der Waals surface area (Å²) in [6.45, 7) is 2.08. The molecular formula is C20H19N3O4. The number of nitrogens with one attached hydrogen (secondary N) is 2. The quantitative estimate of drug-likeness (QED) is 0.420. The molecule has 0 aliphatic carbocycles. The number of para-hydroxylation sites is 1. The molecule has 2 N–H and O–H groups in total. The van der Waals surface area contributed by atoms with Gasteiger partial charge in [0.15, 0.2) is 0 Å². The molecule has 138 valence electrons. The van der Waals surface area contributed by atoms with Crippen LogP contribution in [0.25, 0.3) is 10.9 Å². The number of nitrogens with zero attached hydrogens (tertiary/aromatic N) is 1. The van der Waals surface area contributed by atoms with E-state index in [0.717, 1.165) is 27.7 Å². The second kappa shape index (κ2) is 6.85. The SMILES string of the molecule is CCOC(=O)[C@@H]1Cc2c([nH]c3ccccc23)[C@@H](c2cccc([N+](=O)[O-])c2)N1. The first-order valence-corrected chi connectivity index (χ1v) is 8.85. The number of carbonyl (C=O) groups excluding carboxylic acids is 1. The van der Waals surface area contributed by atoms with Crippen molar-refractivity contribution < 1.29 is 14.5 Å². The van der Waals surface area contributed by atoms with E-state index >= 15 is 0 Å². The Kier molecular flexibility index (Phi) is 4.37. The van der Waals surface area contributed by atoms with Gasteiger partial charge in [0.05, 0.1) is 17.6 Å². The Morgan fingerprint density at radius 2 is 2.07 bits per heavy atom. The number of H-pyrrole nitrogens is 1. The number of esters is 1. The van der Waals surface area contributed by atoms with E-state index in [9.17, 15) is 14.9 Å². The topological polar surface area (TPSA) is 97.3 Å². The minimum atomic E-state index is -0.513. The van der Waals surface area contributed by atoms with Gasteiger partial charge in [-0.05, 0) is 24.1 Å². The van der Waals surface area contributed by atoms with E-state index in [1.54, 1.807) is 19.1 Å². The lowest BCUT2D eigenvalue weighted by Gasteiger charge is -2.30. The number of fused-ring (bicyclic) bond motifs is 3. The zero-order chi connectivity index (χ0) is 19.0. The third kappa shape index (κ3) is 3.06. The van der Waals surface area contributed by atoms with Crippen LogP contribution in [0, 0.1) is 10.1 Å². The summed E-state index contributed by atoms with van der Waals surface area (Å²) in [6, 6.07) is 13.5. The molecule has 2 heterocycles. The molecule has 0 fully saturated rings. The van der Waals surface area contributed by atoms with Gasteiger partial charge in [-0.15, -0.1) is 0 Å². The largest absolute Gasteiger partial charge is 0.465 e. The molecule has 0 spiro atoms. The van der Waals surface area contributed by atoms with Crippen molar-refractivity contribution in [1.82, 2.24) is 10.3 Å². The van der Waals surface area contributed by atoms with Gasteiger partial charge in [-0.1, -0.05) is 30.3 Å². The highest BCUT2D eigenvalue weighted by molar-refractivity contribution is 5.87. The van der Waals surface area contributed by atoms with Crippen molar-refractivity contribution >= 4 is 22.6 Å². The lowest BCUT2D eigenvalue weighted by Crippen LogP contribution is -2.45. The summed E-state index contributed by atoms with van der Waals surface area (Å²) in [6.07, 6.45) is 0.504. The van der Waals surface area contributed by atoms with Gasteiger partial charge in [0.25, 0.3) is 5.69 Å². The molecule has 3 aromatic rings. The minimum Gasteiger partial charge on any atom is -0.465 e. The smallest absolute Gasteiger partial charge is 0.323 e. The maximum absolute atomic E-state index is 12.4. The van der Waals surface area contributed by atoms with Gasteiger partial charge in [0, 0.05) is 35.2 Å². The van der Waals surface area contributed by atoms with E-state index in [4.69, 9.17) is 4.74 Å². The van der Waals surface area contributed by atoms with E-state index in [2.05, 4.69) is 10.3 Å². The summed E-state index contributed by atoms with van der Waals surface area (Å²) in [5.41, 5.74) is 3.69. The second-order valence-corrected chi connectivity index (χ2v) is 6.52. The number of aromatic nitrogens is 1. The van der Waals surface area contributed by atoms with Crippen molar-refractivity contribution in [3.05, 3.63) is 75.5 Å². The van der Waals surface area contributed by atoms with Gasteiger partial charge in [0.2, 0.25) is 0 Å². The number of hydrogen-bond donors (Lipinski definition) is 2. The molecule has 0 radical (unpaired) electrons. The molecule has 1 aliphatic rings. The fourth-order valence-electron chi connectivity index (χ4n) is 3.71. The monoisotopic (exact) mass is 365 g/mol. The van der Waals surface area contributed by atoms with Crippen molar-refractivity contribution in [2.24, 2.45) is 0 Å². The Hall–Kier alpha value is -3.19. The minimum absolute atomic E-state index is 0.0187. The highest BCUT2D eigenvalue weighted by Gasteiger charge is 2.35. The molecule has 0 saturated heterocycles. The lowest BCUT2D eigenvalue weighted by molar-refractivity contribution is -0.384. The molecule has 7 nitrogen and oxygen atoms in total. The van der Waals surface area contributed by atoms with Crippen LogP contribution in [0.1, 0.15) is 29.8 Å². The van der Waals surface area contributed by atoms with Crippen LogP contribution < -0.4 is 5.32 Å². The normalized spacial score (nSPS) is 18.9. The van der Waals surface area contributed by atoms with Crippen LogP contribution in [-0.2, 0) is 16.0 Å². The van der Waals surface area contributed by atoms with Crippen molar-refractivity contribution in [2.45, 2.75) is 25.4 Å². The Bertz CT molecular complexity index is 1030. The van der Waals surface area contributed by atoms with Crippen molar-refractivity contribution in [3.63, 3.8) is 0 Å². The van der Waals surface area contributed by atoms with Crippen LogP contribution >= 0.6 is 0 Å². The molecule has 0 unspecified atom stereocenters. The lowest BCUT2D eigenvalue weighted by atomic mass is 9.90. The summed E-state index contributed by atoms with van der Waals surface area (Å²) < 4.78 is 5.21. The number of aromatic amines is 1. The average molecular weight is 365 g/mol. The molecule has 7 heteroatoms. The highest BCUT2D eigenvalue weighted by Crippen LogP contribution is 2.36. The van der Waals surface area contributed by atoms with Crippen LogP contribution in [0.5, 0.6) is 0 Å². The maximum Gasteiger partial charge on any atom is 0.323 e. The molecule has 0 bridgehead atoms. The summed E-state index contributed by atoms with van der Waals surface area (Å²) >= 11 is 0. The zero-order valence-electron chi connectivity index (χ0n) is 14.8. The van der Waals surface area contributed by atoms with Crippen molar-refractivity contribution in [2.75, 3.05) is 6.61 Å². The Labute approximate surface area is 155 Å². The molecule has 27 heavy (non-hydrogen) atoms. The summed E-state index contributed by atoms with van der Waals surface area (Å²) in [7, 11) is 0. The van der Waals surface area contributed by atoms with E-state index in [-0.39, 0.29) is 17.7 Å². The van der Waals surface area contributed by atoms with E-state index in [1.165, 1.54) is 6.07 Å². The first-order chi connectivity index (χ1) is 13.1. The van der Waals surface area contributed by atoms with Gasteiger partial charge >= 0.3 is 5.97 Å². The molecule has 0 amide bonds. The number of hydrogen-bond acceptors (Lipinski definition) is 5. The van der Waals surface area contributed by atoms with Crippen LogP contribution in [0.4, 0.5) is 5.69 Å². The number of carbonyl (C=O) groups is 1. The van der Waals surface area contributed by atoms with Crippen molar-refractivity contribution in [3.8, 4) is 0 Å². The Balaban J connectivity index is 1.84. The van der Waals surface area contributed by atoms with Crippen molar-refractivity contribution in [1.29, 1.82) is 0 Å². The molecule has 4 rings (SSSR count). The average Bonchev–Trinajstić information content (AvgIpc) is 3.06. The maximum atomic E-state index is 12.4. The predicted octanol–water partition coefficient (Wildman–Crippen LogP) is 3.24. The van der Waals surface area contributed by atoms with E-state index in [0.29, 0.717) is 13.0 Å². The van der Waals surface area contributed by atoms with E-state index < -0.39 is 11.0 Å². The molecule has 2 atom stereocenters. The first-order valence-electron chi connectivity index (χ1n) is 8.85. The summed E-state index contributed by atoms with van der Waals surface area (Å²) in [5.74, 6) is -0.316. The fourth-order valence-corrected chi connectivity index (χ4v) is 3.71. The summed E-state index contributed by atoms with van der Waals surface area (Å²) in [5, 5.41) is 15.5. The third-order valence-corrected chi connectivity index (χ3v) is 4.90.